The van der Waals surface area contributed by atoms with Crippen molar-refractivity contribution in [3.8, 4) is 5.75 Å². The van der Waals surface area contributed by atoms with Gasteiger partial charge >= 0.3 is 6.18 Å². The van der Waals surface area contributed by atoms with Crippen LogP contribution in [0.4, 0.5) is 17.6 Å². The van der Waals surface area contributed by atoms with Gasteiger partial charge in [-0.1, -0.05) is 0 Å². The van der Waals surface area contributed by atoms with E-state index in [1.807, 2.05) is 20.9 Å². The number of alkyl halides is 3. The Bertz CT molecular complexity index is 1010. The molecule has 0 atom stereocenters. The Morgan fingerprint density at radius 1 is 1.06 bits per heavy atom. The van der Waals surface area contributed by atoms with Gasteiger partial charge in [-0.25, -0.2) is 4.39 Å². The van der Waals surface area contributed by atoms with E-state index in [4.69, 9.17) is 4.74 Å². The fraction of sp³-hybridized carbons (Fsp3) is 0.522. The minimum absolute atomic E-state index is 0.0308. The summed E-state index contributed by atoms with van der Waals surface area (Å²) in [7, 11) is 1.91. The van der Waals surface area contributed by atoms with Gasteiger partial charge in [0, 0.05) is 37.9 Å². The Hall–Kier alpha value is -2.55. The van der Waals surface area contributed by atoms with Gasteiger partial charge in [0.05, 0.1) is 17.2 Å². The molecule has 1 aromatic carbocycles. The van der Waals surface area contributed by atoms with Gasteiger partial charge in [-0.2, -0.15) is 13.2 Å². The van der Waals surface area contributed by atoms with Crippen LogP contribution in [0.5, 0.6) is 5.75 Å². The number of fused-ring (bicyclic) bond motifs is 2. The predicted molar refractivity (Wildman–Crippen MR) is 111 cm³/mol. The molecule has 174 valence electrons. The molecule has 2 aliphatic rings. The van der Waals surface area contributed by atoms with Crippen molar-refractivity contribution >= 4 is 5.91 Å². The molecule has 0 aliphatic carbocycles. The number of amides is 1. The zero-order valence-corrected chi connectivity index (χ0v) is 18.4. The Morgan fingerprint density at radius 3 is 2.34 bits per heavy atom. The maximum atomic E-state index is 14.6. The molecule has 1 saturated heterocycles. The first-order chi connectivity index (χ1) is 15.0. The van der Waals surface area contributed by atoms with Crippen LogP contribution in [0, 0.1) is 5.82 Å². The second-order valence-electron chi connectivity index (χ2n) is 8.81. The van der Waals surface area contributed by atoms with Crippen molar-refractivity contribution < 1.29 is 27.1 Å². The van der Waals surface area contributed by atoms with Gasteiger partial charge in [0.25, 0.3) is 5.91 Å². The van der Waals surface area contributed by atoms with E-state index >= 15 is 0 Å². The number of nitrogens with zero attached hydrogens (tertiary/aromatic N) is 3. The number of benzene rings is 1. The van der Waals surface area contributed by atoms with Crippen molar-refractivity contribution in [1.82, 2.24) is 14.4 Å². The topological polar surface area (TPSA) is 37.7 Å². The molecule has 0 N–H and O–H groups in total. The monoisotopic (exact) mass is 453 g/mol. The number of hydrogen-bond acceptors (Lipinski definition) is 3. The molecule has 0 bridgehead atoms. The molecule has 2 aliphatic heterocycles. The van der Waals surface area contributed by atoms with Gasteiger partial charge in [-0.05, 0) is 58.0 Å². The summed E-state index contributed by atoms with van der Waals surface area (Å²) in [6, 6.07) is 6.90. The van der Waals surface area contributed by atoms with Gasteiger partial charge in [0.1, 0.15) is 17.3 Å². The summed E-state index contributed by atoms with van der Waals surface area (Å²) in [5.41, 5.74) is -0.612. The maximum Gasteiger partial charge on any atom is 0.431 e. The molecular formula is C23H27F4N3O2. The second-order valence-corrected chi connectivity index (χ2v) is 8.81. The van der Waals surface area contributed by atoms with Crippen LogP contribution < -0.4 is 4.74 Å². The summed E-state index contributed by atoms with van der Waals surface area (Å²) in [4.78, 5) is 16.6. The molecule has 1 spiro atoms. The summed E-state index contributed by atoms with van der Waals surface area (Å²) in [6.45, 7) is 5.09. The number of carbonyl (C=O) groups excluding carboxylic acids is 1. The van der Waals surface area contributed by atoms with Crippen LogP contribution in [0.25, 0.3) is 0 Å². The van der Waals surface area contributed by atoms with E-state index in [2.05, 4.69) is 4.90 Å². The summed E-state index contributed by atoms with van der Waals surface area (Å²) in [6.07, 6.45) is -3.56. The van der Waals surface area contributed by atoms with Crippen molar-refractivity contribution in [2.24, 2.45) is 0 Å². The smallest absolute Gasteiger partial charge is 0.431 e. The number of piperidine rings is 1. The zero-order valence-electron chi connectivity index (χ0n) is 18.4. The molecule has 5 nitrogen and oxygen atoms in total. The Kier molecular flexibility index (Phi) is 5.73. The lowest BCUT2D eigenvalue weighted by atomic mass is 9.81. The molecule has 0 saturated carbocycles. The zero-order chi connectivity index (χ0) is 23.3. The summed E-state index contributed by atoms with van der Waals surface area (Å²) in [5, 5.41) is 0. The highest BCUT2D eigenvalue weighted by atomic mass is 19.4. The number of rotatable bonds is 3. The fourth-order valence-corrected chi connectivity index (χ4v) is 4.92. The molecule has 4 rings (SSSR count). The largest absolute Gasteiger partial charge is 0.491 e. The Morgan fingerprint density at radius 2 is 1.75 bits per heavy atom. The highest BCUT2D eigenvalue weighted by Crippen LogP contribution is 2.44. The molecule has 1 fully saturated rings. The first kappa shape index (κ1) is 22.6. The van der Waals surface area contributed by atoms with Crippen LogP contribution in [0.15, 0.2) is 30.3 Å². The summed E-state index contributed by atoms with van der Waals surface area (Å²) >= 11 is 0. The minimum Gasteiger partial charge on any atom is -0.491 e. The number of halogens is 4. The molecule has 32 heavy (non-hydrogen) atoms. The minimum atomic E-state index is -4.41. The first-order valence-corrected chi connectivity index (χ1v) is 10.8. The Labute approximate surface area is 184 Å². The van der Waals surface area contributed by atoms with E-state index in [-0.39, 0.29) is 18.2 Å². The molecular weight excluding hydrogens is 426 g/mol. The predicted octanol–water partition coefficient (Wildman–Crippen LogP) is 4.51. The number of carbonyl (C=O) groups is 1. The van der Waals surface area contributed by atoms with Crippen LogP contribution in [0.2, 0.25) is 0 Å². The molecule has 3 heterocycles. The highest BCUT2D eigenvalue weighted by Gasteiger charge is 2.47. The van der Waals surface area contributed by atoms with E-state index in [9.17, 15) is 22.4 Å². The van der Waals surface area contributed by atoms with Crippen LogP contribution >= 0.6 is 0 Å². The second kappa shape index (κ2) is 8.10. The van der Waals surface area contributed by atoms with Gasteiger partial charge < -0.3 is 14.2 Å². The van der Waals surface area contributed by atoms with Crippen LogP contribution in [-0.4, -0.2) is 53.1 Å². The lowest BCUT2D eigenvalue weighted by Crippen LogP contribution is -2.56. The molecule has 0 radical (unpaired) electrons. The van der Waals surface area contributed by atoms with Crippen molar-refractivity contribution in [3.05, 3.63) is 53.1 Å². The molecule has 2 aromatic rings. The Balaban J connectivity index is 1.53. The van der Waals surface area contributed by atoms with E-state index in [0.717, 1.165) is 6.07 Å². The number of likely N-dealkylation sites (tertiary alicyclic amines) is 1. The lowest BCUT2D eigenvalue weighted by molar-refractivity contribution is -0.144. The highest BCUT2D eigenvalue weighted by molar-refractivity contribution is 5.94. The van der Waals surface area contributed by atoms with E-state index in [1.165, 1.54) is 16.7 Å². The summed E-state index contributed by atoms with van der Waals surface area (Å²) < 4.78 is 61.7. The lowest BCUT2D eigenvalue weighted by Gasteiger charge is -2.50. The van der Waals surface area contributed by atoms with E-state index in [1.54, 1.807) is 17.0 Å². The first-order valence-electron chi connectivity index (χ1n) is 10.8. The average Bonchev–Trinajstić information content (AvgIpc) is 3.16. The van der Waals surface area contributed by atoms with Crippen molar-refractivity contribution in [2.75, 3.05) is 26.7 Å². The SMILES string of the molecule is CC(C)Oc1ccc(C(=O)N2CCC3(CC2)c2ccc(C(F)(F)F)n2CCN3C)c(F)c1. The van der Waals surface area contributed by atoms with E-state index < -0.39 is 29.1 Å². The van der Waals surface area contributed by atoms with Gasteiger partial charge in [-0.3, -0.25) is 9.69 Å². The molecule has 0 unspecified atom stereocenters. The van der Waals surface area contributed by atoms with E-state index in [0.29, 0.717) is 43.9 Å². The van der Waals surface area contributed by atoms with Crippen LogP contribution in [0.1, 0.15) is 48.4 Å². The van der Waals surface area contributed by atoms with Gasteiger partial charge in [-0.15, -0.1) is 0 Å². The van der Waals surface area contributed by atoms with Gasteiger partial charge in [0.15, 0.2) is 0 Å². The maximum absolute atomic E-state index is 14.6. The van der Waals surface area contributed by atoms with Crippen LogP contribution in [-0.2, 0) is 18.3 Å². The number of likely N-dealkylation sites (N-methyl/N-ethyl adjacent to an activating group) is 1. The third-order valence-corrected chi connectivity index (χ3v) is 6.56. The average molecular weight is 453 g/mol. The molecule has 1 amide bonds. The van der Waals surface area contributed by atoms with Crippen molar-refractivity contribution in [1.29, 1.82) is 0 Å². The quantitative estimate of drug-likeness (QED) is 0.642. The third-order valence-electron chi connectivity index (χ3n) is 6.56. The number of aromatic nitrogens is 1. The fourth-order valence-electron chi connectivity index (χ4n) is 4.92. The van der Waals surface area contributed by atoms with Crippen molar-refractivity contribution in [2.45, 2.75) is 51.1 Å². The summed E-state index contributed by atoms with van der Waals surface area (Å²) in [5.74, 6) is -0.707. The third kappa shape index (κ3) is 3.87. The number of ether oxygens (including phenoxy) is 1. The van der Waals surface area contributed by atoms with Crippen molar-refractivity contribution in [3.63, 3.8) is 0 Å². The van der Waals surface area contributed by atoms with Crippen LogP contribution in [0.3, 0.4) is 0 Å². The van der Waals surface area contributed by atoms with Gasteiger partial charge in [0.2, 0.25) is 0 Å². The molecule has 1 aromatic heterocycles. The normalized spacial score (nSPS) is 18.8. The molecule has 9 heteroatoms. The number of hydrogen-bond donors (Lipinski definition) is 0. The standard InChI is InChI=1S/C23H27F4N3O2/c1-15(2)32-16-4-5-17(18(24)14-16)21(31)29-10-8-22(9-11-29)19-6-7-20(23(25,26)27)30(19)13-12-28(22)3/h4-7,14-15H,8-13H2,1-3H3.